The van der Waals surface area contributed by atoms with Gasteiger partial charge in [0, 0.05) is 31.6 Å². The lowest BCUT2D eigenvalue weighted by atomic mass is 10.1. The summed E-state index contributed by atoms with van der Waals surface area (Å²) >= 11 is 0. The van der Waals surface area contributed by atoms with E-state index < -0.39 is 4.92 Å². The fraction of sp³-hybridized carbons (Fsp3) is 0.294. The van der Waals surface area contributed by atoms with Gasteiger partial charge in [0.15, 0.2) is 6.29 Å². The quantitative estimate of drug-likeness (QED) is 0.224. The van der Waals surface area contributed by atoms with E-state index >= 15 is 0 Å². The molecule has 0 saturated heterocycles. The van der Waals surface area contributed by atoms with Crippen molar-refractivity contribution in [1.82, 2.24) is 0 Å². The number of nitro groups is 1. The molecule has 5 heteroatoms. The third-order valence-corrected chi connectivity index (χ3v) is 3.03. The molecular weight excluding hydrogens is 282 g/mol. The SMILES string of the molecule is C=C(C)[CH+]CC/C(C)=C/COc1ccc([N+](=O)[O-])cc1C=O. The standard InChI is InChI=1S/C17H20NO4/c1-13(2)5-4-6-14(3)9-10-22-17-8-7-16(18(20)21)11-15(17)12-19/h5,7-9,11-12H,1,4,6,10H2,2-3H3/q+1/b14-9+. The van der Waals surface area contributed by atoms with Gasteiger partial charge in [0.05, 0.1) is 16.1 Å². The molecule has 0 aliphatic heterocycles. The zero-order chi connectivity index (χ0) is 16.5. The van der Waals surface area contributed by atoms with Crippen molar-refractivity contribution >= 4 is 12.0 Å². The number of nitro benzene ring substituents is 1. The molecule has 0 N–H and O–H groups in total. The van der Waals surface area contributed by atoms with Crippen molar-refractivity contribution in [1.29, 1.82) is 0 Å². The molecule has 1 aromatic carbocycles. The van der Waals surface area contributed by atoms with Crippen molar-refractivity contribution in [3.05, 3.63) is 64.1 Å². The number of carbonyl (C=O) groups is 1. The molecule has 0 bridgehead atoms. The molecule has 0 unspecified atom stereocenters. The summed E-state index contributed by atoms with van der Waals surface area (Å²) < 4.78 is 5.50. The van der Waals surface area contributed by atoms with Crippen LogP contribution in [0.4, 0.5) is 5.69 Å². The number of nitrogens with zero attached hydrogens (tertiary/aromatic N) is 1. The van der Waals surface area contributed by atoms with E-state index in [-0.39, 0.29) is 11.3 Å². The van der Waals surface area contributed by atoms with Crippen LogP contribution < -0.4 is 4.74 Å². The lowest BCUT2D eigenvalue weighted by Gasteiger charge is -2.06. The molecule has 0 radical (unpaired) electrons. The predicted molar refractivity (Wildman–Crippen MR) is 86.1 cm³/mol. The van der Waals surface area contributed by atoms with Gasteiger partial charge < -0.3 is 4.74 Å². The zero-order valence-electron chi connectivity index (χ0n) is 12.9. The highest BCUT2D eigenvalue weighted by Crippen LogP contribution is 2.22. The Bertz CT molecular complexity index is 590. The maximum Gasteiger partial charge on any atom is 0.270 e. The van der Waals surface area contributed by atoms with Crippen LogP contribution in [0.3, 0.4) is 0 Å². The first kappa shape index (κ1) is 17.5. The molecule has 0 aliphatic rings. The van der Waals surface area contributed by atoms with Crippen LogP contribution in [-0.4, -0.2) is 17.8 Å². The molecule has 0 spiro atoms. The molecule has 0 fully saturated rings. The lowest BCUT2D eigenvalue weighted by Crippen LogP contribution is -1.99. The smallest absolute Gasteiger partial charge is 0.270 e. The number of ether oxygens (including phenoxy) is 1. The summed E-state index contributed by atoms with van der Waals surface area (Å²) in [6.07, 6.45) is 6.40. The van der Waals surface area contributed by atoms with Gasteiger partial charge in [-0.15, -0.1) is 0 Å². The first-order valence-corrected chi connectivity index (χ1v) is 6.94. The first-order chi connectivity index (χ1) is 10.4. The average molecular weight is 302 g/mol. The maximum atomic E-state index is 11.0. The van der Waals surface area contributed by atoms with Gasteiger partial charge in [0.25, 0.3) is 5.69 Å². The Morgan fingerprint density at radius 2 is 2.18 bits per heavy atom. The van der Waals surface area contributed by atoms with E-state index in [9.17, 15) is 14.9 Å². The van der Waals surface area contributed by atoms with Gasteiger partial charge in [-0.25, -0.2) is 0 Å². The molecule has 0 aliphatic carbocycles. The Morgan fingerprint density at radius 3 is 2.77 bits per heavy atom. The maximum absolute atomic E-state index is 11.0. The summed E-state index contributed by atoms with van der Waals surface area (Å²) in [5.41, 5.74) is 2.27. The van der Waals surface area contributed by atoms with Crippen LogP contribution in [0.15, 0.2) is 42.0 Å². The Morgan fingerprint density at radius 1 is 1.45 bits per heavy atom. The van der Waals surface area contributed by atoms with Gasteiger partial charge in [-0.05, 0) is 32.4 Å². The minimum absolute atomic E-state index is 0.128. The van der Waals surface area contributed by atoms with Crippen molar-refractivity contribution in [2.45, 2.75) is 26.7 Å². The number of hydrogen-bond donors (Lipinski definition) is 0. The Balaban J connectivity index is 2.58. The first-order valence-electron chi connectivity index (χ1n) is 6.94. The third kappa shape index (κ3) is 5.83. The van der Waals surface area contributed by atoms with E-state index in [2.05, 4.69) is 13.0 Å². The van der Waals surface area contributed by atoms with E-state index in [1.807, 2.05) is 19.9 Å². The topological polar surface area (TPSA) is 69.4 Å². The Labute approximate surface area is 130 Å². The largest absolute Gasteiger partial charge is 0.489 e. The zero-order valence-corrected chi connectivity index (χ0v) is 12.9. The van der Waals surface area contributed by atoms with Crippen molar-refractivity contribution in [3.8, 4) is 5.75 Å². The summed E-state index contributed by atoms with van der Waals surface area (Å²) in [5.74, 6) is 0.346. The second kappa shape index (κ2) is 8.67. The lowest BCUT2D eigenvalue weighted by molar-refractivity contribution is -0.384. The van der Waals surface area contributed by atoms with E-state index in [1.54, 1.807) is 0 Å². The van der Waals surface area contributed by atoms with Crippen LogP contribution >= 0.6 is 0 Å². The van der Waals surface area contributed by atoms with Crippen LogP contribution in [-0.2, 0) is 0 Å². The number of allylic oxidation sites excluding steroid dienone is 2. The molecule has 1 aromatic rings. The fourth-order valence-corrected chi connectivity index (χ4v) is 1.79. The van der Waals surface area contributed by atoms with E-state index in [0.717, 1.165) is 18.4 Å². The highest BCUT2D eigenvalue weighted by atomic mass is 16.6. The number of aldehydes is 1. The van der Waals surface area contributed by atoms with Crippen molar-refractivity contribution in [3.63, 3.8) is 0 Å². The van der Waals surface area contributed by atoms with Crippen LogP contribution in [0, 0.1) is 16.5 Å². The molecule has 0 saturated carbocycles. The number of benzene rings is 1. The number of rotatable bonds is 9. The van der Waals surface area contributed by atoms with Gasteiger partial charge >= 0.3 is 0 Å². The van der Waals surface area contributed by atoms with Crippen molar-refractivity contribution in [2.75, 3.05) is 6.61 Å². The minimum Gasteiger partial charge on any atom is -0.489 e. The number of non-ortho nitro benzene ring substituents is 1. The summed E-state index contributed by atoms with van der Waals surface area (Å²) in [6, 6.07) is 3.97. The van der Waals surface area contributed by atoms with Crippen LogP contribution in [0.1, 0.15) is 37.0 Å². The molecular formula is C17H20NO4+. The minimum atomic E-state index is -0.543. The predicted octanol–water partition coefficient (Wildman–Crippen LogP) is 4.29. The van der Waals surface area contributed by atoms with Gasteiger partial charge in [0.1, 0.15) is 12.4 Å². The van der Waals surface area contributed by atoms with E-state index in [1.165, 1.54) is 23.8 Å². The van der Waals surface area contributed by atoms with Crippen LogP contribution in [0.5, 0.6) is 5.75 Å². The molecule has 0 atom stereocenters. The molecule has 22 heavy (non-hydrogen) atoms. The summed E-state index contributed by atoms with van der Waals surface area (Å²) in [6.45, 7) is 8.09. The monoisotopic (exact) mass is 302 g/mol. The molecule has 1 rings (SSSR count). The second-order valence-electron chi connectivity index (χ2n) is 5.05. The highest BCUT2D eigenvalue weighted by molar-refractivity contribution is 5.80. The van der Waals surface area contributed by atoms with Crippen LogP contribution in [0.25, 0.3) is 0 Å². The summed E-state index contributed by atoms with van der Waals surface area (Å²) in [4.78, 5) is 21.1. The number of hydrogen-bond acceptors (Lipinski definition) is 4. The van der Waals surface area contributed by atoms with Crippen LogP contribution in [0.2, 0.25) is 0 Å². The molecule has 5 nitrogen and oxygen atoms in total. The molecule has 0 aromatic heterocycles. The molecule has 0 heterocycles. The summed E-state index contributed by atoms with van der Waals surface area (Å²) in [5, 5.41) is 10.7. The van der Waals surface area contributed by atoms with Crippen molar-refractivity contribution < 1.29 is 14.5 Å². The van der Waals surface area contributed by atoms with Crippen molar-refractivity contribution in [2.24, 2.45) is 0 Å². The van der Waals surface area contributed by atoms with Gasteiger partial charge in [-0.2, -0.15) is 0 Å². The Hall–Kier alpha value is -2.56. The second-order valence-corrected chi connectivity index (χ2v) is 5.05. The third-order valence-electron chi connectivity index (χ3n) is 3.03. The number of carbonyl (C=O) groups excluding carboxylic acids is 1. The summed E-state index contributed by atoms with van der Waals surface area (Å²) in [7, 11) is 0. The van der Waals surface area contributed by atoms with E-state index in [4.69, 9.17) is 4.74 Å². The molecule has 0 amide bonds. The normalized spacial score (nSPS) is 10.9. The fourth-order valence-electron chi connectivity index (χ4n) is 1.79. The molecule has 116 valence electrons. The highest BCUT2D eigenvalue weighted by Gasteiger charge is 2.10. The van der Waals surface area contributed by atoms with E-state index in [0.29, 0.717) is 18.6 Å². The Kier molecular flexibility index (Phi) is 6.89. The average Bonchev–Trinajstić information content (AvgIpc) is 2.46. The van der Waals surface area contributed by atoms with Gasteiger partial charge in [-0.3, -0.25) is 14.9 Å². The van der Waals surface area contributed by atoms with Gasteiger partial charge in [-0.1, -0.05) is 5.57 Å². The van der Waals surface area contributed by atoms with Gasteiger partial charge in [0.2, 0.25) is 0 Å².